The maximum atomic E-state index is 12.1. The van der Waals surface area contributed by atoms with E-state index >= 15 is 0 Å². The van der Waals surface area contributed by atoms with Gasteiger partial charge in [-0.05, 0) is 31.7 Å². The highest BCUT2D eigenvalue weighted by molar-refractivity contribution is 5.99. The summed E-state index contributed by atoms with van der Waals surface area (Å²) in [5.41, 5.74) is 4.72. The van der Waals surface area contributed by atoms with E-state index in [9.17, 15) is 9.59 Å². The standard InChI is InChI=1S/C14H22N4O3/c1-14(13(15)20)8-10(2-5-18-14)12(19)17-4-3-11-9-16-6-7-21-11/h2,5,8,11,16,18H,3-4,6-7,9H2,1H3,(H2,15,20)(H,17,19). The summed E-state index contributed by atoms with van der Waals surface area (Å²) in [4.78, 5) is 23.5. The number of amides is 2. The molecule has 2 heterocycles. The topological polar surface area (TPSA) is 105 Å². The van der Waals surface area contributed by atoms with Crippen LogP contribution in [-0.2, 0) is 14.3 Å². The smallest absolute Gasteiger partial charge is 0.251 e. The first kappa shape index (κ1) is 15.5. The predicted octanol–water partition coefficient (Wildman–Crippen LogP) is -1.23. The van der Waals surface area contributed by atoms with Crippen molar-refractivity contribution in [2.75, 3.05) is 26.2 Å². The van der Waals surface area contributed by atoms with Crippen LogP contribution in [0.5, 0.6) is 0 Å². The van der Waals surface area contributed by atoms with Crippen LogP contribution >= 0.6 is 0 Å². The molecule has 2 rings (SSSR count). The zero-order valence-corrected chi connectivity index (χ0v) is 12.1. The van der Waals surface area contributed by atoms with Crippen molar-refractivity contribution in [1.29, 1.82) is 0 Å². The first-order valence-electron chi connectivity index (χ1n) is 7.09. The van der Waals surface area contributed by atoms with Crippen molar-refractivity contribution in [3.05, 3.63) is 23.9 Å². The van der Waals surface area contributed by atoms with Crippen molar-refractivity contribution >= 4 is 11.8 Å². The number of carbonyl (C=O) groups excluding carboxylic acids is 2. The molecule has 2 aliphatic heterocycles. The Labute approximate surface area is 124 Å². The number of dihydropyridines is 1. The molecule has 2 amide bonds. The summed E-state index contributed by atoms with van der Waals surface area (Å²) in [5.74, 6) is -0.747. The van der Waals surface area contributed by atoms with Crippen molar-refractivity contribution in [3.63, 3.8) is 0 Å². The van der Waals surface area contributed by atoms with Gasteiger partial charge in [-0.2, -0.15) is 0 Å². The van der Waals surface area contributed by atoms with Crippen LogP contribution in [0.4, 0.5) is 0 Å². The summed E-state index contributed by atoms with van der Waals surface area (Å²) in [6, 6.07) is 0. The average molecular weight is 294 g/mol. The summed E-state index contributed by atoms with van der Waals surface area (Å²) >= 11 is 0. The second-order valence-corrected chi connectivity index (χ2v) is 5.39. The molecule has 0 aromatic heterocycles. The number of rotatable bonds is 5. The summed E-state index contributed by atoms with van der Waals surface area (Å²) in [6.45, 7) is 4.54. The Hall–Kier alpha value is -1.86. The van der Waals surface area contributed by atoms with E-state index < -0.39 is 11.4 Å². The molecule has 2 atom stereocenters. The molecule has 0 bridgehead atoms. The molecule has 0 aliphatic carbocycles. The van der Waals surface area contributed by atoms with E-state index in [0.29, 0.717) is 18.7 Å². The summed E-state index contributed by atoms with van der Waals surface area (Å²) < 4.78 is 5.56. The Morgan fingerprint density at radius 1 is 1.57 bits per heavy atom. The molecule has 1 saturated heterocycles. The molecular formula is C14H22N4O3. The molecule has 1 fully saturated rings. The van der Waals surface area contributed by atoms with Crippen LogP contribution in [0.15, 0.2) is 23.9 Å². The van der Waals surface area contributed by atoms with E-state index in [1.807, 2.05) is 0 Å². The second-order valence-electron chi connectivity index (χ2n) is 5.39. The van der Waals surface area contributed by atoms with Crippen LogP contribution in [0.2, 0.25) is 0 Å². The first-order chi connectivity index (χ1) is 10.0. The monoisotopic (exact) mass is 294 g/mol. The third-order valence-electron chi connectivity index (χ3n) is 3.62. The number of morpholine rings is 1. The average Bonchev–Trinajstić information content (AvgIpc) is 2.48. The lowest BCUT2D eigenvalue weighted by molar-refractivity contribution is -0.121. The van der Waals surface area contributed by atoms with Gasteiger partial charge in [-0.15, -0.1) is 0 Å². The fourth-order valence-corrected chi connectivity index (χ4v) is 2.24. The Morgan fingerprint density at radius 3 is 3.05 bits per heavy atom. The quantitative estimate of drug-likeness (QED) is 0.508. The Morgan fingerprint density at radius 2 is 2.38 bits per heavy atom. The van der Waals surface area contributed by atoms with E-state index in [0.717, 1.165) is 19.5 Å². The van der Waals surface area contributed by atoms with Crippen LogP contribution < -0.4 is 21.7 Å². The van der Waals surface area contributed by atoms with Crippen molar-refractivity contribution < 1.29 is 14.3 Å². The highest BCUT2D eigenvalue weighted by atomic mass is 16.5. The first-order valence-corrected chi connectivity index (χ1v) is 7.09. The molecule has 2 unspecified atom stereocenters. The van der Waals surface area contributed by atoms with Gasteiger partial charge >= 0.3 is 0 Å². The number of carbonyl (C=O) groups is 2. The van der Waals surface area contributed by atoms with Gasteiger partial charge in [0.25, 0.3) is 5.91 Å². The molecule has 0 aromatic rings. The molecule has 7 nitrogen and oxygen atoms in total. The van der Waals surface area contributed by atoms with Gasteiger partial charge in [0.1, 0.15) is 5.54 Å². The van der Waals surface area contributed by atoms with E-state index in [4.69, 9.17) is 10.5 Å². The maximum absolute atomic E-state index is 12.1. The molecule has 5 N–H and O–H groups in total. The molecule has 116 valence electrons. The molecule has 0 aromatic carbocycles. The number of hydrogen-bond acceptors (Lipinski definition) is 5. The Kier molecular flexibility index (Phi) is 4.98. The van der Waals surface area contributed by atoms with Crippen molar-refractivity contribution in [2.24, 2.45) is 5.73 Å². The van der Waals surface area contributed by atoms with Gasteiger partial charge in [0.05, 0.1) is 12.7 Å². The number of hydrogen-bond donors (Lipinski definition) is 4. The van der Waals surface area contributed by atoms with Gasteiger partial charge in [-0.3, -0.25) is 9.59 Å². The summed E-state index contributed by atoms with van der Waals surface area (Å²) in [7, 11) is 0. The SMILES string of the molecule is CC1(C(N)=O)C=C(C(=O)NCCC2CNCCO2)C=CN1. The van der Waals surface area contributed by atoms with E-state index in [1.54, 1.807) is 25.3 Å². The summed E-state index contributed by atoms with van der Waals surface area (Å²) in [5, 5.41) is 8.92. The zero-order valence-electron chi connectivity index (χ0n) is 12.1. The second kappa shape index (κ2) is 6.73. The molecule has 0 saturated carbocycles. The molecule has 21 heavy (non-hydrogen) atoms. The van der Waals surface area contributed by atoms with Gasteiger partial charge in [0.2, 0.25) is 5.91 Å². The molecule has 2 aliphatic rings. The van der Waals surface area contributed by atoms with E-state index in [2.05, 4.69) is 16.0 Å². The van der Waals surface area contributed by atoms with E-state index in [1.165, 1.54) is 0 Å². The van der Waals surface area contributed by atoms with Gasteiger partial charge in [-0.1, -0.05) is 0 Å². The van der Waals surface area contributed by atoms with Crippen LogP contribution in [0.3, 0.4) is 0 Å². The van der Waals surface area contributed by atoms with Gasteiger partial charge in [0, 0.05) is 25.2 Å². The van der Waals surface area contributed by atoms with Gasteiger partial charge in [-0.25, -0.2) is 0 Å². The van der Waals surface area contributed by atoms with Crippen LogP contribution in [-0.4, -0.2) is 49.7 Å². The van der Waals surface area contributed by atoms with E-state index in [-0.39, 0.29) is 12.0 Å². The lowest BCUT2D eigenvalue weighted by Crippen LogP contribution is -2.51. The van der Waals surface area contributed by atoms with Crippen LogP contribution in [0.1, 0.15) is 13.3 Å². The molecular weight excluding hydrogens is 272 g/mol. The molecule has 0 spiro atoms. The zero-order chi connectivity index (χ0) is 15.3. The predicted molar refractivity (Wildman–Crippen MR) is 78.2 cm³/mol. The van der Waals surface area contributed by atoms with Crippen molar-refractivity contribution in [2.45, 2.75) is 25.0 Å². The third-order valence-corrected chi connectivity index (χ3v) is 3.62. The van der Waals surface area contributed by atoms with Gasteiger partial charge in [0.15, 0.2) is 0 Å². The minimum absolute atomic E-state index is 0.132. The highest BCUT2D eigenvalue weighted by Crippen LogP contribution is 2.15. The molecule has 0 radical (unpaired) electrons. The van der Waals surface area contributed by atoms with Crippen molar-refractivity contribution in [1.82, 2.24) is 16.0 Å². The fourth-order valence-electron chi connectivity index (χ4n) is 2.24. The maximum Gasteiger partial charge on any atom is 0.251 e. The number of primary amides is 1. The normalized spacial score (nSPS) is 28.4. The van der Waals surface area contributed by atoms with Crippen LogP contribution in [0, 0.1) is 0 Å². The van der Waals surface area contributed by atoms with Crippen molar-refractivity contribution in [3.8, 4) is 0 Å². The summed E-state index contributed by atoms with van der Waals surface area (Å²) in [6.07, 6.45) is 5.61. The third kappa shape index (κ3) is 4.05. The number of nitrogens with one attached hydrogen (secondary N) is 3. The minimum atomic E-state index is -1.03. The Balaban J connectivity index is 1.83. The van der Waals surface area contributed by atoms with Crippen LogP contribution in [0.25, 0.3) is 0 Å². The Bertz CT molecular complexity index is 469. The lowest BCUT2D eigenvalue weighted by Gasteiger charge is -2.27. The lowest BCUT2D eigenvalue weighted by atomic mass is 9.95. The minimum Gasteiger partial charge on any atom is -0.376 e. The van der Waals surface area contributed by atoms with Gasteiger partial charge < -0.3 is 26.4 Å². The fraction of sp³-hybridized carbons (Fsp3) is 0.571. The number of nitrogens with two attached hydrogens (primary N) is 1. The largest absolute Gasteiger partial charge is 0.376 e. The molecule has 7 heteroatoms. The highest BCUT2D eigenvalue weighted by Gasteiger charge is 2.30. The number of ether oxygens (including phenoxy) is 1.